The zero-order valence-corrected chi connectivity index (χ0v) is 12.2. The third-order valence-corrected chi connectivity index (χ3v) is 3.75. The van der Waals surface area contributed by atoms with Gasteiger partial charge < -0.3 is 15.3 Å². The van der Waals surface area contributed by atoms with E-state index in [9.17, 15) is 4.79 Å². The first-order chi connectivity index (χ1) is 9.65. The van der Waals surface area contributed by atoms with Gasteiger partial charge in [0, 0.05) is 45.5 Å². The van der Waals surface area contributed by atoms with Crippen LogP contribution in [-0.4, -0.2) is 67.2 Å². The topological polar surface area (TPSA) is 55.8 Å². The second-order valence-corrected chi connectivity index (χ2v) is 5.16. The number of benzene rings is 1. The second kappa shape index (κ2) is 6.72. The van der Waals surface area contributed by atoms with Crippen LogP contribution in [0.25, 0.3) is 0 Å². The maximum Gasteiger partial charge on any atom is 0.256 e. The standard InChI is InChI=1S/C15H23N3O2/c1-12-3-4-13(14(11-12)16-2)15(20)18-7-5-17(6-8-18)9-10-19/h3-4,11,16,19H,5-10H2,1-2H3. The fraction of sp³-hybridized carbons (Fsp3) is 0.533. The number of hydrogen-bond donors (Lipinski definition) is 2. The molecule has 1 aromatic carbocycles. The van der Waals surface area contributed by atoms with Crippen LogP contribution in [0, 0.1) is 6.92 Å². The molecule has 0 atom stereocenters. The summed E-state index contributed by atoms with van der Waals surface area (Å²) in [6.07, 6.45) is 0. The molecular formula is C15H23N3O2. The number of aryl methyl sites for hydroxylation is 1. The quantitative estimate of drug-likeness (QED) is 0.854. The molecule has 20 heavy (non-hydrogen) atoms. The first-order valence-electron chi connectivity index (χ1n) is 7.06. The van der Waals surface area contributed by atoms with E-state index >= 15 is 0 Å². The molecular weight excluding hydrogens is 254 g/mol. The lowest BCUT2D eigenvalue weighted by molar-refractivity contribution is 0.0616. The fourth-order valence-electron chi connectivity index (χ4n) is 2.54. The summed E-state index contributed by atoms with van der Waals surface area (Å²) in [4.78, 5) is 16.6. The van der Waals surface area contributed by atoms with E-state index in [4.69, 9.17) is 5.11 Å². The van der Waals surface area contributed by atoms with Gasteiger partial charge in [-0.3, -0.25) is 9.69 Å². The first kappa shape index (κ1) is 14.8. The zero-order valence-electron chi connectivity index (χ0n) is 12.2. The fourth-order valence-corrected chi connectivity index (χ4v) is 2.54. The highest BCUT2D eigenvalue weighted by atomic mass is 16.3. The minimum absolute atomic E-state index is 0.0815. The smallest absolute Gasteiger partial charge is 0.256 e. The molecule has 5 heteroatoms. The Morgan fingerprint density at radius 1 is 1.30 bits per heavy atom. The molecule has 0 unspecified atom stereocenters. The van der Waals surface area contributed by atoms with Crippen molar-refractivity contribution < 1.29 is 9.90 Å². The number of hydrogen-bond acceptors (Lipinski definition) is 4. The molecule has 1 aromatic rings. The van der Waals surface area contributed by atoms with E-state index in [1.165, 1.54) is 0 Å². The molecule has 0 aromatic heterocycles. The first-order valence-corrected chi connectivity index (χ1v) is 7.06. The summed E-state index contributed by atoms with van der Waals surface area (Å²) >= 11 is 0. The van der Waals surface area contributed by atoms with E-state index in [-0.39, 0.29) is 12.5 Å². The van der Waals surface area contributed by atoms with Gasteiger partial charge in [-0.1, -0.05) is 6.07 Å². The molecule has 1 heterocycles. The number of carbonyl (C=O) groups is 1. The van der Waals surface area contributed by atoms with Crippen LogP contribution in [0.3, 0.4) is 0 Å². The van der Waals surface area contributed by atoms with Gasteiger partial charge in [0.1, 0.15) is 0 Å². The molecule has 1 amide bonds. The van der Waals surface area contributed by atoms with E-state index in [1.54, 1.807) is 0 Å². The predicted molar refractivity (Wildman–Crippen MR) is 80.2 cm³/mol. The number of nitrogens with one attached hydrogen (secondary N) is 1. The molecule has 0 saturated carbocycles. The Bertz CT molecular complexity index is 468. The largest absolute Gasteiger partial charge is 0.395 e. The summed E-state index contributed by atoms with van der Waals surface area (Å²) in [5.74, 6) is 0.0815. The number of nitrogens with zero attached hydrogens (tertiary/aromatic N) is 2. The maximum absolute atomic E-state index is 12.6. The Morgan fingerprint density at radius 2 is 2.00 bits per heavy atom. The third kappa shape index (κ3) is 3.29. The van der Waals surface area contributed by atoms with Crippen molar-refractivity contribution in [2.45, 2.75) is 6.92 Å². The molecule has 1 aliphatic rings. The number of aliphatic hydroxyl groups is 1. The van der Waals surface area contributed by atoms with E-state index < -0.39 is 0 Å². The molecule has 0 bridgehead atoms. The van der Waals surface area contributed by atoms with Crippen LogP contribution in [0.15, 0.2) is 18.2 Å². The van der Waals surface area contributed by atoms with Gasteiger partial charge in [-0.15, -0.1) is 0 Å². The lowest BCUT2D eigenvalue weighted by Gasteiger charge is -2.34. The van der Waals surface area contributed by atoms with Gasteiger partial charge in [0.2, 0.25) is 0 Å². The number of rotatable bonds is 4. The molecule has 0 aliphatic carbocycles. The molecule has 1 fully saturated rings. The predicted octanol–water partition coefficient (Wildman–Crippen LogP) is 0.787. The Balaban J connectivity index is 2.05. The molecule has 5 nitrogen and oxygen atoms in total. The average molecular weight is 277 g/mol. The number of carbonyl (C=O) groups excluding carboxylic acids is 1. The van der Waals surface area contributed by atoms with Gasteiger partial charge in [-0.2, -0.15) is 0 Å². The summed E-state index contributed by atoms with van der Waals surface area (Å²) in [5.41, 5.74) is 2.75. The lowest BCUT2D eigenvalue weighted by Crippen LogP contribution is -2.49. The maximum atomic E-state index is 12.6. The van der Waals surface area contributed by atoms with Crippen LogP contribution < -0.4 is 5.32 Å². The Kier molecular flexibility index (Phi) is 4.98. The minimum Gasteiger partial charge on any atom is -0.395 e. The zero-order chi connectivity index (χ0) is 14.5. The third-order valence-electron chi connectivity index (χ3n) is 3.75. The SMILES string of the molecule is CNc1cc(C)ccc1C(=O)N1CCN(CCO)CC1. The highest BCUT2D eigenvalue weighted by Crippen LogP contribution is 2.19. The molecule has 110 valence electrons. The molecule has 0 radical (unpaired) electrons. The Morgan fingerprint density at radius 3 is 2.60 bits per heavy atom. The molecule has 2 rings (SSSR count). The van der Waals surface area contributed by atoms with Gasteiger partial charge in [-0.25, -0.2) is 0 Å². The summed E-state index contributed by atoms with van der Waals surface area (Å²) in [7, 11) is 1.84. The minimum atomic E-state index is 0.0815. The van der Waals surface area contributed by atoms with Crippen molar-refractivity contribution in [1.29, 1.82) is 0 Å². The Hall–Kier alpha value is -1.59. The van der Waals surface area contributed by atoms with Crippen LogP contribution in [0.1, 0.15) is 15.9 Å². The normalized spacial score (nSPS) is 16.2. The van der Waals surface area contributed by atoms with Crippen molar-refractivity contribution >= 4 is 11.6 Å². The Labute approximate surface area is 120 Å². The van der Waals surface area contributed by atoms with E-state index in [1.807, 2.05) is 37.1 Å². The lowest BCUT2D eigenvalue weighted by atomic mass is 10.1. The number of aliphatic hydroxyl groups excluding tert-OH is 1. The highest BCUT2D eigenvalue weighted by Gasteiger charge is 2.23. The summed E-state index contributed by atoms with van der Waals surface area (Å²) in [6.45, 7) is 5.97. The van der Waals surface area contributed by atoms with Crippen LogP contribution in [0.4, 0.5) is 5.69 Å². The van der Waals surface area contributed by atoms with E-state index in [0.717, 1.165) is 43.0 Å². The monoisotopic (exact) mass is 277 g/mol. The van der Waals surface area contributed by atoms with Crippen molar-refractivity contribution in [2.24, 2.45) is 0 Å². The van der Waals surface area contributed by atoms with Gasteiger partial charge in [0.25, 0.3) is 5.91 Å². The number of anilines is 1. The molecule has 2 N–H and O–H groups in total. The second-order valence-electron chi connectivity index (χ2n) is 5.16. The van der Waals surface area contributed by atoms with Crippen molar-refractivity contribution in [2.75, 3.05) is 51.7 Å². The molecule has 1 saturated heterocycles. The van der Waals surface area contributed by atoms with E-state index in [0.29, 0.717) is 6.54 Å². The summed E-state index contributed by atoms with van der Waals surface area (Å²) in [5, 5.41) is 12.0. The van der Waals surface area contributed by atoms with Gasteiger partial charge in [-0.05, 0) is 24.6 Å². The van der Waals surface area contributed by atoms with Crippen LogP contribution in [-0.2, 0) is 0 Å². The number of amides is 1. The van der Waals surface area contributed by atoms with Gasteiger partial charge in [0.05, 0.1) is 12.2 Å². The molecule has 1 aliphatic heterocycles. The summed E-state index contributed by atoms with van der Waals surface area (Å²) in [6, 6.07) is 5.86. The van der Waals surface area contributed by atoms with E-state index in [2.05, 4.69) is 10.2 Å². The van der Waals surface area contributed by atoms with Crippen molar-refractivity contribution in [3.05, 3.63) is 29.3 Å². The van der Waals surface area contributed by atoms with Gasteiger partial charge in [0.15, 0.2) is 0 Å². The van der Waals surface area contributed by atoms with Crippen LogP contribution in [0.5, 0.6) is 0 Å². The number of β-amino-alcohol motifs (C(OH)–C–C–N with tert-alkyl or cyclic N) is 1. The van der Waals surface area contributed by atoms with Crippen LogP contribution in [0.2, 0.25) is 0 Å². The van der Waals surface area contributed by atoms with Crippen LogP contribution >= 0.6 is 0 Å². The highest BCUT2D eigenvalue weighted by molar-refractivity contribution is 5.99. The number of piperazine rings is 1. The molecule has 0 spiro atoms. The van der Waals surface area contributed by atoms with Crippen molar-refractivity contribution in [3.8, 4) is 0 Å². The average Bonchev–Trinajstić information content (AvgIpc) is 2.47. The van der Waals surface area contributed by atoms with Gasteiger partial charge >= 0.3 is 0 Å². The van der Waals surface area contributed by atoms with Crippen molar-refractivity contribution in [3.63, 3.8) is 0 Å². The summed E-state index contributed by atoms with van der Waals surface area (Å²) < 4.78 is 0. The van der Waals surface area contributed by atoms with Crippen molar-refractivity contribution in [1.82, 2.24) is 9.80 Å².